The predicted octanol–water partition coefficient (Wildman–Crippen LogP) is 2.03. The van der Waals surface area contributed by atoms with Crippen molar-refractivity contribution in [2.45, 2.75) is 6.42 Å². The first-order valence-electron chi connectivity index (χ1n) is 5.23. The number of rotatable bonds is 6. The standard InChI is InChI=1S/C12H14N2O3/c1-13-7-3-2-4-10-5-6-12(14(16)17)11(8-10)9-15/h2,4-6,8-9,13H,3,7H2,1H3. The highest BCUT2D eigenvalue weighted by Gasteiger charge is 2.12. The molecule has 0 aliphatic carbocycles. The van der Waals surface area contributed by atoms with E-state index < -0.39 is 4.92 Å². The molecule has 1 aromatic rings. The van der Waals surface area contributed by atoms with Crippen LogP contribution in [0.25, 0.3) is 6.08 Å². The fourth-order valence-electron chi connectivity index (χ4n) is 1.38. The minimum absolute atomic E-state index is 0.103. The zero-order valence-corrected chi connectivity index (χ0v) is 9.55. The SMILES string of the molecule is CNCCC=Cc1ccc([N+](=O)[O-])c(C=O)c1. The van der Waals surface area contributed by atoms with Gasteiger partial charge in [0, 0.05) is 6.07 Å². The monoisotopic (exact) mass is 234 g/mol. The molecule has 1 N–H and O–H groups in total. The summed E-state index contributed by atoms with van der Waals surface area (Å²) in [6.07, 6.45) is 5.16. The molecule has 0 fully saturated rings. The Morgan fingerprint density at radius 2 is 2.24 bits per heavy atom. The Labute approximate surface area is 99.3 Å². The quantitative estimate of drug-likeness (QED) is 0.354. The minimum atomic E-state index is -0.557. The second kappa shape index (κ2) is 6.55. The Hall–Kier alpha value is -2.01. The van der Waals surface area contributed by atoms with Gasteiger partial charge in [-0.1, -0.05) is 12.2 Å². The largest absolute Gasteiger partial charge is 0.319 e. The molecule has 0 spiro atoms. The van der Waals surface area contributed by atoms with Gasteiger partial charge in [0.2, 0.25) is 0 Å². The van der Waals surface area contributed by atoms with Gasteiger partial charge in [-0.3, -0.25) is 14.9 Å². The molecule has 0 aliphatic heterocycles. The van der Waals surface area contributed by atoms with Crippen molar-refractivity contribution in [1.82, 2.24) is 5.32 Å². The maximum atomic E-state index is 10.7. The summed E-state index contributed by atoms with van der Waals surface area (Å²) in [4.78, 5) is 20.8. The summed E-state index contributed by atoms with van der Waals surface area (Å²) in [6, 6.07) is 4.49. The topological polar surface area (TPSA) is 72.2 Å². The molecule has 0 radical (unpaired) electrons. The number of carbonyl (C=O) groups excluding carboxylic acids is 1. The number of aldehydes is 1. The van der Waals surface area contributed by atoms with Crippen LogP contribution in [0.15, 0.2) is 24.3 Å². The van der Waals surface area contributed by atoms with Gasteiger partial charge in [0.05, 0.1) is 10.5 Å². The lowest BCUT2D eigenvalue weighted by atomic mass is 10.1. The zero-order chi connectivity index (χ0) is 12.7. The number of nitro groups is 1. The van der Waals surface area contributed by atoms with Gasteiger partial charge in [-0.05, 0) is 37.7 Å². The smallest absolute Gasteiger partial charge is 0.279 e. The maximum absolute atomic E-state index is 10.7. The van der Waals surface area contributed by atoms with E-state index in [1.165, 1.54) is 12.1 Å². The summed E-state index contributed by atoms with van der Waals surface area (Å²) in [6.45, 7) is 0.865. The number of hydrogen-bond donors (Lipinski definition) is 1. The van der Waals surface area contributed by atoms with Crippen LogP contribution in [0.2, 0.25) is 0 Å². The van der Waals surface area contributed by atoms with Crippen molar-refractivity contribution in [2.75, 3.05) is 13.6 Å². The van der Waals surface area contributed by atoms with Crippen molar-refractivity contribution < 1.29 is 9.72 Å². The fraction of sp³-hybridized carbons (Fsp3) is 0.250. The molecule has 1 aromatic carbocycles. The molecule has 1 rings (SSSR count). The number of nitrogens with zero attached hydrogens (tertiary/aromatic N) is 1. The van der Waals surface area contributed by atoms with Crippen molar-refractivity contribution in [3.63, 3.8) is 0 Å². The maximum Gasteiger partial charge on any atom is 0.279 e. The minimum Gasteiger partial charge on any atom is -0.319 e. The van der Waals surface area contributed by atoms with Gasteiger partial charge in [-0.2, -0.15) is 0 Å². The third-order valence-electron chi connectivity index (χ3n) is 2.25. The highest BCUT2D eigenvalue weighted by Crippen LogP contribution is 2.18. The van der Waals surface area contributed by atoms with Crippen molar-refractivity contribution >= 4 is 18.0 Å². The highest BCUT2D eigenvalue weighted by atomic mass is 16.6. The summed E-state index contributed by atoms with van der Waals surface area (Å²) < 4.78 is 0. The molecule has 0 aliphatic rings. The van der Waals surface area contributed by atoms with E-state index in [-0.39, 0.29) is 11.3 Å². The van der Waals surface area contributed by atoms with Crippen molar-refractivity contribution in [2.24, 2.45) is 0 Å². The molecule has 0 amide bonds. The molecular formula is C12H14N2O3. The van der Waals surface area contributed by atoms with Crippen LogP contribution in [0.5, 0.6) is 0 Å². The highest BCUT2D eigenvalue weighted by molar-refractivity contribution is 5.82. The molecule has 0 aromatic heterocycles. The van der Waals surface area contributed by atoms with Gasteiger partial charge in [-0.15, -0.1) is 0 Å². The van der Waals surface area contributed by atoms with Crippen LogP contribution < -0.4 is 5.32 Å². The average Bonchev–Trinajstić information content (AvgIpc) is 2.34. The van der Waals surface area contributed by atoms with Crippen LogP contribution in [-0.4, -0.2) is 24.8 Å². The zero-order valence-electron chi connectivity index (χ0n) is 9.55. The van der Waals surface area contributed by atoms with Crippen LogP contribution in [0.4, 0.5) is 5.69 Å². The van der Waals surface area contributed by atoms with E-state index in [1.807, 2.05) is 19.2 Å². The summed E-state index contributed by atoms with van der Waals surface area (Å²) in [7, 11) is 1.87. The van der Waals surface area contributed by atoms with Gasteiger partial charge in [-0.25, -0.2) is 0 Å². The molecule has 5 heteroatoms. The number of carbonyl (C=O) groups is 1. The fourth-order valence-corrected chi connectivity index (χ4v) is 1.38. The normalized spacial score (nSPS) is 10.6. The van der Waals surface area contributed by atoms with Gasteiger partial charge in [0.25, 0.3) is 5.69 Å². The molecule has 0 saturated carbocycles. The lowest BCUT2D eigenvalue weighted by molar-refractivity contribution is -0.385. The van der Waals surface area contributed by atoms with Gasteiger partial charge < -0.3 is 5.32 Å². The van der Waals surface area contributed by atoms with Crippen LogP contribution in [0.1, 0.15) is 22.3 Å². The molecule has 0 bridgehead atoms. The lowest BCUT2D eigenvalue weighted by Crippen LogP contribution is -2.05. The van der Waals surface area contributed by atoms with Gasteiger partial charge in [0.15, 0.2) is 6.29 Å². The van der Waals surface area contributed by atoms with Gasteiger partial charge >= 0.3 is 0 Å². The van der Waals surface area contributed by atoms with Gasteiger partial charge in [0.1, 0.15) is 0 Å². The molecule has 0 saturated heterocycles. The molecule has 0 atom stereocenters. The van der Waals surface area contributed by atoms with E-state index in [9.17, 15) is 14.9 Å². The summed E-state index contributed by atoms with van der Waals surface area (Å²) in [5.41, 5.74) is 0.729. The first-order valence-corrected chi connectivity index (χ1v) is 5.23. The van der Waals surface area contributed by atoms with Crippen molar-refractivity contribution in [3.05, 3.63) is 45.5 Å². The first kappa shape index (κ1) is 13.1. The van der Waals surface area contributed by atoms with Crippen LogP contribution in [0, 0.1) is 10.1 Å². The van der Waals surface area contributed by atoms with E-state index in [2.05, 4.69) is 5.32 Å². The Balaban J connectivity index is 2.86. The molecule has 0 unspecified atom stereocenters. The molecule has 17 heavy (non-hydrogen) atoms. The summed E-state index contributed by atoms with van der Waals surface area (Å²) in [5, 5.41) is 13.6. The number of benzene rings is 1. The van der Waals surface area contributed by atoms with E-state index >= 15 is 0 Å². The second-order valence-corrected chi connectivity index (χ2v) is 3.49. The summed E-state index contributed by atoms with van der Waals surface area (Å²) in [5.74, 6) is 0. The lowest BCUT2D eigenvalue weighted by Gasteiger charge is -1.98. The van der Waals surface area contributed by atoms with Crippen LogP contribution in [0.3, 0.4) is 0 Å². The van der Waals surface area contributed by atoms with Crippen LogP contribution in [-0.2, 0) is 0 Å². The Kier molecular flexibility index (Phi) is 5.03. The molecular weight excluding hydrogens is 220 g/mol. The van der Waals surface area contributed by atoms with Crippen molar-refractivity contribution in [3.8, 4) is 0 Å². The van der Waals surface area contributed by atoms with Crippen molar-refractivity contribution in [1.29, 1.82) is 0 Å². The Morgan fingerprint density at radius 1 is 1.47 bits per heavy atom. The second-order valence-electron chi connectivity index (χ2n) is 3.49. The molecule has 90 valence electrons. The van der Waals surface area contributed by atoms with E-state index in [0.717, 1.165) is 18.5 Å². The number of nitrogens with one attached hydrogen (secondary N) is 1. The molecule has 0 heterocycles. The Morgan fingerprint density at radius 3 is 2.82 bits per heavy atom. The van der Waals surface area contributed by atoms with E-state index in [4.69, 9.17) is 0 Å². The third-order valence-corrected chi connectivity index (χ3v) is 2.25. The third kappa shape index (κ3) is 3.81. The predicted molar refractivity (Wildman–Crippen MR) is 66.1 cm³/mol. The summed E-state index contributed by atoms with van der Waals surface area (Å²) >= 11 is 0. The Bertz CT molecular complexity index is 441. The van der Waals surface area contributed by atoms with Crippen LogP contribution >= 0.6 is 0 Å². The number of hydrogen-bond acceptors (Lipinski definition) is 4. The molecule has 5 nitrogen and oxygen atoms in total. The van der Waals surface area contributed by atoms with E-state index in [0.29, 0.717) is 6.29 Å². The van der Waals surface area contributed by atoms with E-state index in [1.54, 1.807) is 6.07 Å². The first-order chi connectivity index (χ1) is 8.19. The number of nitro benzene ring substituents is 1. The average molecular weight is 234 g/mol.